The molecule has 1 aliphatic rings. The smallest absolute Gasteiger partial charge is 0.338 e. The van der Waals surface area contributed by atoms with Gasteiger partial charge in [-0.2, -0.15) is 5.26 Å². The lowest BCUT2D eigenvalue weighted by atomic mass is 9.81. The number of benzene rings is 1. The number of esters is 1. The van der Waals surface area contributed by atoms with Gasteiger partial charge in [0.2, 0.25) is 5.88 Å². The summed E-state index contributed by atoms with van der Waals surface area (Å²) in [4.78, 5) is 17.1. The van der Waals surface area contributed by atoms with E-state index in [0.717, 1.165) is 22.0 Å². The van der Waals surface area contributed by atoms with E-state index < -0.39 is 11.9 Å². The molecule has 1 unspecified atom stereocenters. The minimum absolute atomic E-state index is 0.000615. The molecule has 2 N–H and O–H groups in total. The number of allylic oxidation sites excluding steroid dienone is 2. The van der Waals surface area contributed by atoms with Crippen LogP contribution in [-0.2, 0) is 14.3 Å². The predicted octanol–water partition coefficient (Wildman–Crippen LogP) is 3.19. The van der Waals surface area contributed by atoms with Crippen LogP contribution in [0.25, 0.3) is 10.9 Å². The molecule has 1 aliphatic heterocycles. The van der Waals surface area contributed by atoms with Crippen LogP contribution in [0, 0.1) is 18.3 Å². The van der Waals surface area contributed by atoms with Crippen molar-refractivity contribution in [3.05, 3.63) is 64.4 Å². The zero-order valence-corrected chi connectivity index (χ0v) is 14.9. The van der Waals surface area contributed by atoms with Crippen LogP contribution in [0.2, 0.25) is 0 Å². The quantitative estimate of drug-likeness (QED) is 0.855. The van der Waals surface area contributed by atoms with Crippen LogP contribution in [0.5, 0.6) is 0 Å². The summed E-state index contributed by atoms with van der Waals surface area (Å²) in [6.07, 6.45) is 1.71. The molecular weight excluding hydrogens is 330 g/mol. The molecule has 1 atom stereocenters. The Morgan fingerprint density at radius 2 is 2.15 bits per heavy atom. The van der Waals surface area contributed by atoms with Crippen molar-refractivity contribution in [2.24, 2.45) is 5.73 Å². The fourth-order valence-corrected chi connectivity index (χ4v) is 3.25. The summed E-state index contributed by atoms with van der Waals surface area (Å²) in [5.41, 5.74) is 9.01. The third-order valence-corrected chi connectivity index (χ3v) is 4.42. The van der Waals surface area contributed by atoms with Gasteiger partial charge in [0.1, 0.15) is 17.4 Å². The van der Waals surface area contributed by atoms with Crippen molar-refractivity contribution in [1.82, 2.24) is 4.98 Å². The van der Waals surface area contributed by atoms with Gasteiger partial charge in [-0.3, -0.25) is 4.98 Å². The summed E-state index contributed by atoms with van der Waals surface area (Å²) in [5, 5.41) is 10.5. The summed E-state index contributed by atoms with van der Waals surface area (Å²) in [5.74, 6) is -0.851. The molecule has 0 amide bonds. The average Bonchev–Trinajstić information content (AvgIpc) is 2.62. The van der Waals surface area contributed by atoms with Crippen LogP contribution in [0.15, 0.2) is 53.3 Å². The number of carbonyl (C=O) groups is 1. The van der Waals surface area contributed by atoms with Gasteiger partial charge in [0.05, 0.1) is 23.6 Å². The summed E-state index contributed by atoms with van der Waals surface area (Å²) in [6.45, 7) is 5.56. The van der Waals surface area contributed by atoms with E-state index in [1.807, 2.05) is 31.2 Å². The molecule has 0 aliphatic carbocycles. The van der Waals surface area contributed by atoms with E-state index in [9.17, 15) is 10.1 Å². The molecule has 6 nitrogen and oxygen atoms in total. The number of ether oxygens (including phenoxy) is 2. The lowest BCUT2D eigenvalue weighted by Crippen LogP contribution is -2.25. The molecule has 26 heavy (non-hydrogen) atoms. The topological polar surface area (TPSA) is 98.2 Å². The lowest BCUT2D eigenvalue weighted by Gasteiger charge is -2.27. The number of pyridine rings is 1. The second-order valence-corrected chi connectivity index (χ2v) is 5.99. The fourth-order valence-electron chi connectivity index (χ4n) is 3.25. The van der Waals surface area contributed by atoms with Crippen molar-refractivity contribution in [1.29, 1.82) is 5.26 Å². The highest BCUT2D eigenvalue weighted by Gasteiger charge is 2.37. The fraction of sp³-hybridized carbons (Fsp3) is 0.250. The summed E-state index contributed by atoms with van der Waals surface area (Å²) >= 11 is 0. The molecule has 0 bridgehead atoms. The van der Waals surface area contributed by atoms with Gasteiger partial charge in [-0.15, -0.1) is 0 Å². The standard InChI is InChI=1S/C20H19N3O3/c1-4-25-20(24)16-12(3)26-19(22)15(10-21)17(16)13-8-7-11(2)18-14(13)6-5-9-23-18/h5-9,17H,4,22H2,1-3H3. The van der Waals surface area contributed by atoms with Crippen LogP contribution in [-0.4, -0.2) is 17.6 Å². The highest BCUT2D eigenvalue weighted by molar-refractivity contribution is 5.95. The second-order valence-electron chi connectivity index (χ2n) is 5.99. The Balaban J connectivity index is 2.31. The number of hydrogen-bond donors (Lipinski definition) is 1. The monoisotopic (exact) mass is 349 g/mol. The summed E-state index contributed by atoms with van der Waals surface area (Å²) < 4.78 is 10.7. The summed E-state index contributed by atoms with van der Waals surface area (Å²) in [7, 11) is 0. The van der Waals surface area contributed by atoms with Crippen molar-refractivity contribution in [2.75, 3.05) is 6.61 Å². The molecule has 132 valence electrons. The Morgan fingerprint density at radius 1 is 1.38 bits per heavy atom. The maximum atomic E-state index is 12.6. The number of carbonyl (C=O) groups excluding carboxylic acids is 1. The molecule has 1 aromatic carbocycles. The Morgan fingerprint density at radius 3 is 2.85 bits per heavy atom. The van der Waals surface area contributed by atoms with Crippen LogP contribution in [0.1, 0.15) is 30.9 Å². The minimum atomic E-state index is -0.667. The first-order valence-corrected chi connectivity index (χ1v) is 8.29. The highest BCUT2D eigenvalue weighted by atomic mass is 16.5. The van der Waals surface area contributed by atoms with Crippen LogP contribution < -0.4 is 5.73 Å². The molecule has 0 spiro atoms. The van der Waals surface area contributed by atoms with Gasteiger partial charge in [-0.05, 0) is 38.0 Å². The number of rotatable bonds is 3. The molecule has 0 saturated carbocycles. The molecule has 2 aromatic rings. The van der Waals surface area contributed by atoms with Crippen LogP contribution >= 0.6 is 0 Å². The van der Waals surface area contributed by atoms with Crippen molar-refractivity contribution >= 4 is 16.9 Å². The maximum Gasteiger partial charge on any atom is 0.338 e. The van der Waals surface area contributed by atoms with E-state index in [4.69, 9.17) is 15.2 Å². The van der Waals surface area contributed by atoms with E-state index in [-0.39, 0.29) is 23.6 Å². The first-order chi connectivity index (χ1) is 12.5. The number of aryl methyl sites for hydroxylation is 1. The molecule has 0 saturated heterocycles. The summed E-state index contributed by atoms with van der Waals surface area (Å²) in [6, 6.07) is 9.66. The van der Waals surface area contributed by atoms with Gasteiger partial charge in [0.15, 0.2) is 0 Å². The molecule has 2 heterocycles. The third-order valence-electron chi connectivity index (χ3n) is 4.42. The number of nitrogens with two attached hydrogens (primary N) is 1. The first kappa shape index (κ1) is 17.5. The van der Waals surface area contributed by atoms with Crippen LogP contribution in [0.3, 0.4) is 0 Å². The first-order valence-electron chi connectivity index (χ1n) is 8.29. The van der Waals surface area contributed by atoms with E-state index >= 15 is 0 Å². The van der Waals surface area contributed by atoms with Gasteiger partial charge in [0, 0.05) is 11.6 Å². The average molecular weight is 349 g/mol. The molecule has 0 radical (unpaired) electrons. The maximum absolute atomic E-state index is 12.6. The van der Waals surface area contributed by atoms with Gasteiger partial charge in [-0.1, -0.05) is 18.2 Å². The van der Waals surface area contributed by atoms with Crippen LogP contribution in [0.4, 0.5) is 0 Å². The number of nitrogens with zero attached hydrogens (tertiary/aromatic N) is 2. The van der Waals surface area contributed by atoms with E-state index in [0.29, 0.717) is 5.76 Å². The number of aromatic nitrogens is 1. The van der Waals surface area contributed by atoms with E-state index in [2.05, 4.69) is 11.1 Å². The molecule has 3 rings (SSSR count). The minimum Gasteiger partial charge on any atom is -0.463 e. The highest BCUT2D eigenvalue weighted by Crippen LogP contribution is 2.42. The number of hydrogen-bond acceptors (Lipinski definition) is 6. The largest absolute Gasteiger partial charge is 0.463 e. The van der Waals surface area contributed by atoms with Gasteiger partial charge in [-0.25, -0.2) is 4.79 Å². The molecule has 1 aromatic heterocycles. The van der Waals surface area contributed by atoms with Crippen molar-refractivity contribution in [3.63, 3.8) is 0 Å². The number of nitriles is 1. The Bertz CT molecular complexity index is 999. The normalized spacial score (nSPS) is 17.1. The van der Waals surface area contributed by atoms with Gasteiger partial charge < -0.3 is 15.2 Å². The molecule has 6 heteroatoms. The SMILES string of the molecule is CCOC(=O)C1=C(C)OC(N)=C(C#N)C1c1ccc(C)c2ncccc12. The zero-order chi connectivity index (χ0) is 18.8. The Kier molecular flexibility index (Phi) is 4.63. The predicted molar refractivity (Wildman–Crippen MR) is 96.5 cm³/mol. The third kappa shape index (κ3) is 2.78. The van der Waals surface area contributed by atoms with E-state index in [1.54, 1.807) is 20.0 Å². The van der Waals surface area contributed by atoms with Crippen molar-refractivity contribution in [2.45, 2.75) is 26.7 Å². The Labute approximate surface area is 151 Å². The van der Waals surface area contributed by atoms with E-state index in [1.165, 1.54) is 0 Å². The second kappa shape index (κ2) is 6.89. The Hall–Kier alpha value is -3.33. The van der Waals surface area contributed by atoms with Gasteiger partial charge >= 0.3 is 5.97 Å². The molecule has 0 fully saturated rings. The molecular formula is C20H19N3O3. The number of fused-ring (bicyclic) bond motifs is 1. The van der Waals surface area contributed by atoms with Gasteiger partial charge in [0.25, 0.3) is 0 Å². The van der Waals surface area contributed by atoms with Crippen molar-refractivity contribution < 1.29 is 14.3 Å². The van der Waals surface area contributed by atoms with Crippen molar-refractivity contribution in [3.8, 4) is 6.07 Å². The lowest BCUT2D eigenvalue weighted by molar-refractivity contribution is -0.139. The zero-order valence-electron chi connectivity index (χ0n) is 14.9.